The molecule has 1 heterocycles. The number of benzene rings is 3. The number of halogens is 1. The summed E-state index contributed by atoms with van der Waals surface area (Å²) in [6.07, 6.45) is 2.76. The van der Waals surface area contributed by atoms with Gasteiger partial charge in [-0.2, -0.15) is 0 Å². The molecule has 3 aromatic rings. The summed E-state index contributed by atoms with van der Waals surface area (Å²) in [5.41, 5.74) is 3.13. The lowest BCUT2D eigenvalue weighted by Gasteiger charge is -2.24. The van der Waals surface area contributed by atoms with E-state index < -0.39 is 11.6 Å². The van der Waals surface area contributed by atoms with Crippen LogP contribution in [0, 0.1) is 0 Å². The van der Waals surface area contributed by atoms with Crippen molar-refractivity contribution < 1.29 is 19.4 Å². The van der Waals surface area contributed by atoms with Crippen LogP contribution >= 0.6 is 11.6 Å². The van der Waals surface area contributed by atoms with Crippen molar-refractivity contribution in [2.75, 3.05) is 13.1 Å². The van der Waals surface area contributed by atoms with E-state index in [2.05, 4.69) is 0 Å². The molecule has 0 saturated heterocycles. The molecule has 0 fully saturated rings. The minimum Gasteiger partial charge on any atom is -0.487 e. The maximum Gasteiger partial charge on any atom is 0.323 e. The van der Waals surface area contributed by atoms with Gasteiger partial charge < -0.3 is 14.7 Å². The number of carbonyl (C=O) groups excluding carboxylic acids is 1. The first kappa shape index (κ1) is 23.8. The third-order valence-corrected chi connectivity index (χ3v) is 6.47. The lowest BCUT2D eigenvalue weighted by atomic mass is 9.91. The minimum absolute atomic E-state index is 0.280. The van der Waals surface area contributed by atoms with Gasteiger partial charge in [0.1, 0.15) is 17.9 Å². The Bertz CT molecular complexity index is 1180. The SMILES string of the molecule is CC1(Cc2ccccc2Cl)Cc2cc(C(=O)N(CCCc3ccccc3)CC(=O)O)ccc2O1. The summed E-state index contributed by atoms with van der Waals surface area (Å²) >= 11 is 6.35. The van der Waals surface area contributed by atoms with E-state index in [0.717, 1.165) is 28.9 Å². The van der Waals surface area contributed by atoms with E-state index in [1.165, 1.54) is 4.90 Å². The highest BCUT2D eigenvalue weighted by atomic mass is 35.5. The molecule has 34 heavy (non-hydrogen) atoms. The molecule has 1 unspecified atom stereocenters. The molecule has 1 atom stereocenters. The first-order chi connectivity index (χ1) is 16.3. The number of fused-ring (bicyclic) bond motifs is 1. The van der Waals surface area contributed by atoms with Crippen molar-refractivity contribution >= 4 is 23.5 Å². The number of rotatable bonds is 9. The van der Waals surface area contributed by atoms with Crippen molar-refractivity contribution in [2.45, 2.75) is 38.2 Å². The fourth-order valence-electron chi connectivity index (χ4n) is 4.51. The van der Waals surface area contributed by atoms with Crippen molar-refractivity contribution in [3.63, 3.8) is 0 Å². The van der Waals surface area contributed by atoms with Gasteiger partial charge in [-0.1, -0.05) is 60.1 Å². The van der Waals surface area contributed by atoms with Crippen LogP contribution in [0.5, 0.6) is 5.75 Å². The molecule has 1 amide bonds. The molecule has 6 heteroatoms. The molecule has 0 bridgehead atoms. The molecular weight excluding hydrogens is 450 g/mol. The normalized spacial score (nSPS) is 16.5. The zero-order chi connectivity index (χ0) is 24.1. The van der Waals surface area contributed by atoms with Crippen LogP contribution in [0.25, 0.3) is 0 Å². The van der Waals surface area contributed by atoms with Gasteiger partial charge in [0.2, 0.25) is 0 Å². The van der Waals surface area contributed by atoms with Crippen LogP contribution in [0.15, 0.2) is 72.8 Å². The van der Waals surface area contributed by atoms with Gasteiger partial charge in [0.25, 0.3) is 5.91 Å². The van der Waals surface area contributed by atoms with Crippen molar-refractivity contribution in [1.82, 2.24) is 4.90 Å². The minimum atomic E-state index is -1.02. The Morgan fingerprint density at radius 1 is 1.06 bits per heavy atom. The van der Waals surface area contributed by atoms with E-state index in [0.29, 0.717) is 36.4 Å². The van der Waals surface area contributed by atoms with E-state index in [1.54, 1.807) is 6.07 Å². The number of carboxylic acid groups (broad SMARTS) is 1. The second-order valence-corrected chi connectivity index (χ2v) is 9.44. The third kappa shape index (κ3) is 5.78. The predicted octanol–water partition coefficient (Wildman–Crippen LogP) is 5.44. The summed E-state index contributed by atoms with van der Waals surface area (Å²) in [6.45, 7) is 2.08. The van der Waals surface area contributed by atoms with Crippen LogP contribution in [0.2, 0.25) is 5.02 Å². The van der Waals surface area contributed by atoms with Gasteiger partial charge in [-0.3, -0.25) is 9.59 Å². The number of aryl methyl sites for hydroxylation is 1. The molecule has 1 aliphatic heterocycles. The fraction of sp³-hybridized carbons (Fsp3) is 0.286. The van der Waals surface area contributed by atoms with E-state index in [1.807, 2.05) is 73.7 Å². The average molecular weight is 478 g/mol. The smallest absolute Gasteiger partial charge is 0.323 e. The summed E-state index contributed by atoms with van der Waals surface area (Å²) in [7, 11) is 0. The number of amides is 1. The maximum atomic E-state index is 13.2. The standard InChI is InChI=1S/C28H28ClNO4/c1-28(17-22-11-5-6-12-24(22)29)18-23-16-21(13-14-25(23)34-28)27(33)30(19-26(31)32)15-7-10-20-8-3-2-4-9-20/h2-6,8-9,11-14,16H,7,10,15,17-19H2,1H3,(H,31,32). The zero-order valence-electron chi connectivity index (χ0n) is 19.2. The van der Waals surface area contributed by atoms with E-state index >= 15 is 0 Å². The number of carboxylic acids is 1. The highest BCUT2D eigenvalue weighted by Gasteiger charge is 2.36. The second-order valence-electron chi connectivity index (χ2n) is 9.03. The summed E-state index contributed by atoms with van der Waals surface area (Å²) in [6, 6.07) is 23.1. The highest BCUT2D eigenvalue weighted by molar-refractivity contribution is 6.31. The van der Waals surface area contributed by atoms with Gasteiger partial charge in [0.15, 0.2) is 0 Å². The van der Waals surface area contributed by atoms with Crippen molar-refractivity contribution in [3.05, 3.63) is 100 Å². The van der Waals surface area contributed by atoms with Gasteiger partial charge in [-0.15, -0.1) is 0 Å². The number of hydrogen-bond donors (Lipinski definition) is 1. The predicted molar refractivity (Wildman–Crippen MR) is 133 cm³/mol. The largest absolute Gasteiger partial charge is 0.487 e. The molecule has 5 nitrogen and oxygen atoms in total. The van der Waals surface area contributed by atoms with Crippen LogP contribution in [0.4, 0.5) is 0 Å². The van der Waals surface area contributed by atoms with E-state index in [9.17, 15) is 14.7 Å². The van der Waals surface area contributed by atoms with Crippen LogP contribution in [0.3, 0.4) is 0 Å². The number of hydrogen-bond acceptors (Lipinski definition) is 3. The number of aliphatic carboxylic acids is 1. The Hall–Kier alpha value is -3.31. The van der Waals surface area contributed by atoms with Gasteiger partial charge in [0.05, 0.1) is 0 Å². The average Bonchev–Trinajstić information content (AvgIpc) is 3.15. The van der Waals surface area contributed by atoms with Crippen LogP contribution in [0.1, 0.15) is 40.4 Å². The Morgan fingerprint density at radius 3 is 2.53 bits per heavy atom. The summed E-state index contributed by atoms with van der Waals surface area (Å²) < 4.78 is 6.25. The van der Waals surface area contributed by atoms with Gasteiger partial charge in [-0.05, 0) is 60.7 Å². The molecule has 0 saturated carbocycles. The second kappa shape index (κ2) is 10.3. The first-order valence-corrected chi connectivity index (χ1v) is 11.8. The van der Waals surface area contributed by atoms with Crippen molar-refractivity contribution in [1.29, 1.82) is 0 Å². The summed E-state index contributed by atoms with van der Waals surface area (Å²) in [5, 5.41) is 10.1. The third-order valence-electron chi connectivity index (χ3n) is 6.10. The molecule has 0 spiro atoms. The van der Waals surface area contributed by atoms with Crippen LogP contribution in [-0.2, 0) is 24.1 Å². The summed E-state index contributed by atoms with van der Waals surface area (Å²) in [5.74, 6) is -0.553. The van der Waals surface area contributed by atoms with E-state index in [4.69, 9.17) is 16.3 Å². The van der Waals surface area contributed by atoms with Crippen LogP contribution < -0.4 is 4.74 Å². The number of ether oxygens (including phenoxy) is 1. The topological polar surface area (TPSA) is 66.8 Å². The molecule has 4 rings (SSSR count). The Labute approximate surface area is 204 Å². The Kier molecular flexibility index (Phi) is 7.23. The molecular formula is C28H28ClNO4. The van der Waals surface area contributed by atoms with E-state index in [-0.39, 0.29) is 12.5 Å². The molecule has 3 aromatic carbocycles. The van der Waals surface area contributed by atoms with Crippen molar-refractivity contribution in [2.24, 2.45) is 0 Å². The number of carbonyl (C=O) groups is 2. The maximum absolute atomic E-state index is 13.2. The lowest BCUT2D eigenvalue weighted by Crippen LogP contribution is -2.36. The monoisotopic (exact) mass is 477 g/mol. The van der Waals surface area contributed by atoms with Gasteiger partial charge in [-0.25, -0.2) is 0 Å². The summed E-state index contributed by atoms with van der Waals surface area (Å²) in [4.78, 5) is 26.1. The van der Waals surface area contributed by atoms with Gasteiger partial charge >= 0.3 is 5.97 Å². The fourth-order valence-corrected chi connectivity index (χ4v) is 4.72. The molecule has 176 valence electrons. The number of nitrogens with zero attached hydrogens (tertiary/aromatic N) is 1. The Morgan fingerprint density at radius 2 is 1.79 bits per heavy atom. The quantitative estimate of drug-likeness (QED) is 0.446. The van der Waals surface area contributed by atoms with Crippen LogP contribution in [-0.4, -0.2) is 40.6 Å². The van der Waals surface area contributed by atoms with Gasteiger partial charge in [0, 0.05) is 30.0 Å². The van der Waals surface area contributed by atoms with Crippen molar-refractivity contribution in [3.8, 4) is 5.75 Å². The first-order valence-electron chi connectivity index (χ1n) is 11.4. The Balaban J connectivity index is 1.45. The lowest BCUT2D eigenvalue weighted by molar-refractivity contribution is -0.137. The highest BCUT2D eigenvalue weighted by Crippen LogP contribution is 2.38. The molecule has 1 aliphatic rings. The molecule has 0 aliphatic carbocycles. The molecule has 0 aromatic heterocycles. The molecule has 1 N–H and O–H groups in total. The molecule has 0 radical (unpaired) electrons. The zero-order valence-corrected chi connectivity index (χ0v) is 19.9.